The van der Waals surface area contributed by atoms with E-state index in [9.17, 15) is 0 Å². The summed E-state index contributed by atoms with van der Waals surface area (Å²) in [5.41, 5.74) is 0. The molecule has 3 heteroatoms. The lowest BCUT2D eigenvalue weighted by atomic mass is 10.1. The standard InChI is InChI=1S/C13H25BrN2/c1-12(9-14)10-15-8-5-13(11-15)16-6-3-2-4-7-16/h12-13H,2-11H2,1H3. The van der Waals surface area contributed by atoms with Gasteiger partial charge in [-0.05, 0) is 44.8 Å². The van der Waals surface area contributed by atoms with Crippen molar-refractivity contribution in [3.8, 4) is 0 Å². The second kappa shape index (κ2) is 6.36. The number of nitrogens with zero attached hydrogens (tertiary/aromatic N) is 2. The molecule has 2 aliphatic rings. The summed E-state index contributed by atoms with van der Waals surface area (Å²) in [6.45, 7) is 8.95. The van der Waals surface area contributed by atoms with E-state index in [1.807, 2.05) is 0 Å². The summed E-state index contributed by atoms with van der Waals surface area (Å²) in [6, 6.07) is 0.864. The third-order valence-corrected chi connectivity index (χ3v) is 5.09. The highest BCUT2D eigenvalue weighted by Crippen LogP contribution is 2.21. The molecule has 0 radical (unpaired) electrons. The van der Waals surface area contributed by atoms with Crippen LogP contribution in [0.1, 0.15) is 32.6 Å². The van der Waals surface area contributed by atoms with E-state index in [1.165, 1.54) is 58.4 Å². The first-order valence-corrected chi connectivity index (χ1v) is 7.94. The molecular formula is C13H25BrN2. The lowest BCUT2D eigenvalue weighted by molar-refractivity contribution is 0.160. The van der Waals surface area contributed by atoms with E-state index < -0.39 is 0 Å². The number of piperidine rings is 1. The lowest BCUT2D eigenvalue weighted by Crippen LogP contribution is -2.41. The Balaban J connectivity index is 1.74. The third-order valence-electron chi connectivity index (χ3n) is 3.99. The molecule has 16 heavy (non-hydrogen) atoms. The number of halogens is 1. The minimum Gasteiger partial charge on any atom is -0.301 e. The highest BCUT2D eigenvalue weighted by molar-refractivity contribution is 9.09. The van der Waals surface area contributed by atoms with Gasteiger partial charge in [0.25, 0.3) is 0 Å². The predicted molar refractivity (Wildman–Crippen MR) is 73.2 cm³/mol. The molecule has 0 amide bonds. The summed E-state index contributed by atoms with van der Waals surface area (Å²) in [5, 5.41) is 1.14. The molecule has 0 N–H and O–H groups in total. The van der Waals surface area contributed by atoms with E-state index >= 15 is 0 Å². The molecule has 2 rings (SSSR count). The fourth-order valence-corrected chi connectivity index (χ4v) is 3.25. The maximum atomic E-state index is 3.58. The zero-order chi connectivity index (χ0) is 11.4. The van der Waals surface area contributed by atoms with Crippen molar-refractivity contribution in [1.82, 2.24) is 9.80 Å². The van der Waals surface area contributed by atoms with Crippen LogP contribution in [-0.4, -0.2) is 53.9 Å². The average molecular weight is 289 g/mol. The van der Waals surface area contributed by atoms with E-state index in [1.54, 1.807) is 0 Å². The van der Waals surface area contributed by atoms with Gasteiger partial charge in [0.15, 0.2) is 0 Å². The number of likely N-dealkylation sites (tertiary alicyclic amines) is 2. The maximum absolute atomic E-state index is 3.58. The average Bonchev–Trinajstić information content (AvgIpc) is 2.78. The molecule has 0 aromatic rings. The molecule has 0 spiro atoms. The molecule has 2 saturated heterocycles. The first-order valence-electron chi connectivity index (χ1n) is 6.82. The van der Waals surface area contributed by atoms with Crippen LogP contribution in [0, 0.1) is 5.92 Å². The van der Waals surface area contributed by atoms with Crippen LogP contribution in [0.5, 0.6) is 0 Å². The number of hydrogen-bond donors (Lipinski definition) is 0. The van der Waals surface area contributed by atoms with Crippen LogP contribution in [0.25, 0.3) is 0 Å². The predicted octanol–water partition coefficient (Wildman–Crippen LogP) is 2.58. The summed E-state index contributed by atoms with van der Waals surface area (Å²) in [6.07, 6.45) is 5.70. The zero-order valence-corrected chi connectivity index (χ0v) is 12.1. The van der Waals surface area contributed by atoms with Crippen molar-refractivity contribution in [1.29, 1.82) is 0 Å². The summed E-state index contributed by atoms with van der Waals surface area (Å²) in [5.74, 6) is 0.792. The molecule has 94 valence electrons. The first-order chi connectivity index (χ1) is 7.79. The normalized spacial score (nSPS) is 30.8. The number of rotatable bonds is 4. The highest BCUT2D eigenvalue weighted by Gasteiger charge is 2.28. The molecule has 0 aromatic heterocycles. The Bertz CT molecular complexity index is 204. The van der Waals surface area contributed by atoms with E-state index in [-0.39, 0.29) is 0 Å². The van der Waals surface area contributed by atoms with E-state index in [2.05, 4.69) is 32.7 Å². The van der Waals surface area contributed by atoms with Crippen molar-refractivity contribution in [2.24, 2.45) is 5.92 Å². The van der Waals surface area contributed by atoms with Gasteiger partial charge >= 0.3 is 0 Å². The smallest absolute Gasteiger partial charge is 0.0235 e. The van der Waals surface area contributed by atoms with Crippen LogP contribution in [0.3, 0.4) is 0 Å². The minimum absolute atomic E-state index is 0.792. The third kappa shape index (κ3) is 3.44. The molecule has 0 saturated carbocycles. The molecular weight excluding hydrogens is 264 g/mol. The summed E-state index contributed by atoms with van der Waals surface area (Å²) >= 11 is 3.58. The van der Waals surface area contributed by atoms with Crippen LogP contribution in [-0.2, 0) is 0 Å². The van der Waals surface area contributed by atoms with Crippen LogP contribution in [0.4, 0.5) is 0 Å². The van der Waals surface area contributed by atoms with Gasteiger partial charge in [0, 0.05) is 24.5 Å². The largest absolute Gasteiger partial charge is 0.301 e. The second-order valence-corrected chi connectivity index (χ2v) is 6.21. The minimum atomic E-state index is 0.792. The Morgan fingerprint density at radius 3 is 2.62 bits per heavy atom. The topological polar surface area (TPSA) is 6.48 Å². The molecule has 0 aromatic carbocycles. The van der Waals surface area contributed by atoms with Crippen LogP contribution >= 0.6 is 15.9 Å². The van der Waals surface area contributed by atoms with Crippen molar-refractivity contribution in [3.63, 3.8) is 0 Å². The van der Waals surface area contributed by atoms with E-state index in [0.717, 1.165) is 17.3 Å². The van der Waals surface area contributed by atoms with Gasteiger partial charge < -0.3 is 4.90 Å². The van der Waals surface area contributed by atoms with Crippen LogP contribution in [0.2, 0.25) is 0 Å². The van der Waals surface area contributed by atoms with Crippen molar-refractivity contribution < 1.29 is 0 Å². The van der Waals surface area contributed by atoms with Gasteiger partial charge in [0.1, 0.15) is 0 Å². The molecule has 2 aliphatic heterocycles. The number of hydrogen-bond acceptors (Lipinski definition) is 2. The van der Waals surface area contributed by atoms with Gasteiger partial charge in [-0.15, -0.1) is 0 Å². The van der Waals surface area contributed by atoms with Crippen molar-refractivity contribution in [2.75, 3.05) is 38.1 Å². The van der Waals surface area contributed by atoms with Crippen molar-refractivity contribution in [2.45, 2.75) is 38.6 Å². The summed E-state index contributed by atoms with van der Waals surface area (Å²) < 4.78 is 0. The Hall–Kier alpha value is 0.400. The Morgan fingerprint density at radius 1 is 1.19 bits per heavy atom. The molecule has 2 nitrogen and oxygen atoms in total. The Kier molecular flexibility index (Phi) is 5.11. The van der Waals surface area contributed by atoms with Crippen LogP contribution in [0.15, 0.2) is 0 Å². The van der Waals surface area contributed by atoms with Gasteiger partial charge in [0.2, 0.25) is 0 Å². The number of alkyl halides is 1. The quantitative estimate of drug-likeness (QED) is 0.734. The fourth-order valence-electron chi connectivity index (χ4n) is 3.05. The van der Waals surface area contributed by atoms with Crippen molar-refractivity contribution >= 4 is 15.9 Å². The van der Waals surface area contributed by atoms with Gasteiger partial charge in [-0.1, -0.05) is 29.3 Å². The monoisotopic (exact) mass is 288 g/mol. The fraction of sp³-hybridized carbons (Fsp3) is 1.00. The lowest BCUT2D eigenvalue weighted by Gasteiger charge is -2.32. The first kappa shape index (κ1) is 12.8. The molecule has 2 fully saturated rings. The molecule has 0 aliphatic carbocycles. The highest BCUT2D eigenvalue weighted by atomic mass is 79.9. The SMILES string of the molecule is CC(CBr)CN1CCC(N2CCCCC2)C1. The summed E-state index contributed by atoms with van der Waals surface area (Å²) in [7, 11) is 0. The van der Waals surface area contributed by atoms with Crippen molar-refractivity contribution in [3.05, 3.63) is 0 Å². The van der Waals surface area contributed by atoms with Crippen LogP contribution < -0.4 is 0 Å². The molecule has 0 bridgehead atoms. The zero-order valence-electron chi connectivity index (χ0n) is 10.5. The molecule has 2 heterocycles. The van der Waals surface area contributed by atoms with E-state index in [4.69, 9.17) is 0 Å². The molecule has 2 unspecified atom stereocenters. The van der Waals surface area contributed by atoms with Gasteiger partial charge in [-0.25, -0.2) is 0 Å². The summed E-state index contributed by atoms with van der Waals surface area (Å²) in [4.78, 5) is 5.40. The maximum Gasteiger partial charge on any atom is 0.0235 e. The van der Waals surface area contributed by atoms with Gasteiger partial charge in [-0.2, -0.15) is 0 Å². The van der Waals surface area contributed by atoms with E-state index in [0.29, 0.717) is 0 Å². The second-order valence-electron chi connectivity index (χ2n) is 5.56. The molecule has 2 atom stereocenters. The Labute approximate surface area is 108 Å². The van der Waals surface area contributed by atoms with Gasteiger partial charge in [-0.3, -0.25) is 4.90 Å². The van der Waals surface area contributed by atoms with Gasteiger partial charge in [0.05, 0.1) is 0 Å². The Morgan fingerprint density at radius 2 is 1.94 bits per heavy atom.